The number of carbonyl (C=O) groups excluding carboxylic acids is 1. The van der Waals surface area contributed by atoms with Crippen molar-refractivity contribution in [3.63, 3.8) is 0 Å². The predicted octanol–water partition coefficient (Wildman–Crippen LogP) is 2.17. The third kappa shape index (κ3) is 4.15. The molecule has 1 N–H and O–H groups in total. The van der Waals surface area contributed by atoms with Gasteiger partial charge in [-0.25, -0.2) is 0 Å². The van der Waals surface area contributed by atoms with Crippen molar-refractivity contribution in [1.82, 2.24) is 10.2 Å². The van der Waals surface area contributed by atoms with Crippen molar-refractivity contribution in [2.24, 2.45) is 5.92 Å². The van der Waals surface area contributed by atoms with Gasteiger partial charge in [-0.05, 0) is 32.6 Å². The highest BCUT2D eigenvalue weighted by molar-refractivity contribution is 5.80. The Kier molecular flexibility index (Phi) is 5.01. The molecule has 0 aliphatic heterocycles. The normalized spacial score (nSPS) is 26.8. The van der Waals surface area contributed by atoms with Gasteiger partial charge in [-0.15, -0.1) is 0 Å². The molecule has 3 nitrogen and oxygen atoms in total. The number of hydrogen-bond acceptors (Lipinski definition) is 2. The second kappa shape index (κ2) is 5.91. The lowest BCUT2D eigenvalue weighted by Gasteiger charge is -2.32. The molecule has 1 rings (SSSR count). The number of likely N-dealkylation sites (N-methyl/N-ethyl adjacent to an activating group) is 1. The summed E-state index contributed by atoms with van der Waals surface area (Å²) in [5, 5.41) is 3.11. The summed E-state index contributed by atoms with van der Waals surface area (Å²) in [4.78, 5) is 13.1. The van der Waals surface area contributed by atoms with E-state index in [1.54, 1.807) is 21.0 Å². The molecule has 0 spiro atoms. The van der Waals surface area contributed by atoms with Crippen LogP contribution in [-0.4, -0.2) is 43.2 Å². The van der Waals surface area contributed by atoms with E-state index in [1.807, 2.05) is 0 Å². The molecule has 0 aromatic rings. The average Bonchev–Trinajstić information content (AvgIpc) is 2.27. The van der Waals surface area contributed by atoms with Gasteiger partial charge in [0.15, 0.2) is 0 Å². The quantitative estimate of drug-likeness (QED) is 0.849. The van der Waals surface area contributed by atoms with Gasteiger partial charge in [-0.1, -0.05) is 0 Å². The molecule has 0 saturated heterocycles. The van der Waals surface area contributed by atoms with Crippen LogP contribution in [0.5, 0.6) is 0 Å². The van der Waals surface area contributed by atoms with Gasteiger partial charge < -0.3 is 10.2 Å². The molecule has 1 aliphatic carbocycles. The van der Waals surface area contributed by atoms with Gasteiger partial charge in [0, 0.05) is 20.1 Å². The highest BCUT2D eigenvalue weighted by Crippen LogP contribution is 2.37. The van der Waals surface area contributed by atoms with Crippen LogP contribution in [0.1, 0.15) is 32.6 Å². The number of hydrogen-bond donors (Lipinski definition) is 1. The monoisotopic (exact) mass is 266 g/mol. The molecular formula is C12H21F3N2O. The van der Waals surface area contributed by atoms with Crippen molar-refractivity contribution in [1.29, 1.82) is 0 Å². The van der Waals surface area contributed by atoms with Gasteiger partial charge in [0.1, 0.15) is 0 Å². The van der Waals surface area contributed by atoms with Crippen LogP contribution >= 0.6 is 0 Å². The maximum absolute atomic E-state index is 12.5. The molecule has 1 saturated carbocycles. The van der Waals surface area contributed by atoms with Gasteiger partial charge in [-0.2, -0.15) is 13.2 Å². The molecule has 1 unspecified atom stereocenters. The van der Waals surface area contributed by atoms with E-state index in [0.29, 0.717) is 12.8 Å². The number of nitrogens with zero attached hydrogens (tertiary/aromatic N) is 1. The zero-order chi connectivity index (χ0) is 13.9. The SMILES string of the molecule is CC(NC1CCC(C(F)(F)F)CC1)C(=O)N(C)C. The Morgan fingerprint density at radius 3 is 2.11 bits per heavy atom. The Balaban J connectivity index is 2.38. The van der Waals surface area contributed by atoms with E-state index in [2.05, 4.69) is 5.32 Å². The molecule has 0 aromatic carbocycles. The Hall–Kier alpha value is -0.780. The van der Waals surface area contributed by atoms with Crippen LogP contribution < -0.4 is 5.32 Å². The number of carbonyl (C=O) groups is 1. The third-order valence-electron chi connectivity index (χ3n) is 3.49. The molecule has 6 heteroatoms. The fourth-order valence-electron chi connectivity index (χ4n) is 2.40. The zero-order valence-corrected chi connectivity index (χ0v) is 11.0. The maximum Gasteiger partial charge on any atom is 0.391 e. The summed E-state index contributed by atoms with van der Waals surface area (Å²) in [5.41, 5.74) is 0. The molecular weight excluding hydrogens is 245 g/mol. The third-order valence-corrected chi connectivity index (χ3v) is 3.49. The van der Waals surface area contributed by atoms with E-state index >= 15 is 0 Å². The van der Waals surface area contributed by atoms with Crippen LogP contribution in [0.25, 0.3) is 0 Å². The van der Waals surface area contributed by atoms with Crippen LogP contribution in [0.15, 0.2) is 0 Å². The maximum atomic E-state index is 12.5. The first-order valence-corrected chi connectivity index (χ1v) is 6.25. The van der Waals surface area contributed by atoms with E-state index < -0.39 is 12.1 Å². The highest BCUT2D eigenvalue weighted by atomic mass is 19.4. The van der Waals surface area contributed by atoms with Crippen molar-refractivity contribution in [3.8, 4) is 0 Å². The van der Waals surface area contributed by atoms with Crippen molar-refractivity contribution < 1.29 is 18.0 Å². The number of alkyl halides is 3. The minimum atomic E-state index is -4.07. The first-order valence-electron chi connectivity index (χ1n) is 6.25. The molecule has 18 heavy (non-hydrogen) atoms. The highest BCUT2D eigenvalue weighted by Gasteiger charge is 2.41. The summed E-state index contributed by atoms with van der Waals surface area (Å²) < 4.78 is 37.5. The van der Waals surface area contributed by atoms with Gasteiger partial charge in [0.2, 0.25) is 5.91 Å². The number of rotatable bonds is 3. The molecule has 106 valence electrons. The van der Waals surface area contributed by atoms with Gasteiger partial charge >= 0.3 is 6.18 Å². The summed E-state index contributed by atoms with van der Waals surface area (Å²) in [6.45, 7) is 1.75. The first-order chi connectivity index (χ1) is 8.21. The van der Waals surface area contributed by atoms with Crippen LogP contribution in [0.3, 0.4) is 0 Å². The van der Waals surface area contributed by atoms with Crippen molar-refractivity contribution in [2.45, 2.75) is 50.9 Å². The van der Waals surface area contributed by atoms with E-state index in [9.17, 15) is 18.0 Å². The lowest BCUT2D eigenvalue weighted by Crippen LogP contribution is -2.47. The standard InChI is InChI=1S/C12H21F3N2O/c1-8(11(18)17(2)3)16-10-6-4-9(5-7-10)12(13,14)15/h8-10,16H,4-7H2,1-3H3. The topological polar surface area (TPSA) is 32.3 Å². The second-order valence-electron chi connectivity index (χ2n) is 5.21. The molecule has 0 bridgehead atoms. The van der Waals surface area contributed by atoms with E-state index in [1.165, 1.54) is 4.90 Å². The van der Waals surface area contributed by atoms with Gasteiger partial charge in [0.25, 0.3) is 0 Å². The molecule has 1 fully saturated rings. The largest absolute Gasteiger partial charge is 0.391 e. The summed E-state index contributed by atoms with van der Waals surface area (Å²) in [5.74, 6) is -1.22. The Bertz CT molecular complexity index is 284. The van der Waals surface area contributed by atoms with Crippen molar-refractivity contribution in [3.05, 3.63) is 0 Å². The van der Waals surface area contributed by atoms with Gasteiger partial charge in [0.05, 0.1) is 12.0 Å². The van der Waals surface area contributed by atoms with E-state index in [4.69, 9.17) is 0 Å². The fraction of sp³-hybridized carbons (Fsp3) is 0.917. The Morgan fingerprint density at radius 2 is 1.72 bits per heavy atom. The molecule has 0 aromatic heterocycles. The fourth-order valence-corrected chi connectivity index (χ4v) is 2.40. The van der Waals surface area contributed by atoms with Crippen molar-refractivity contribution >= 4 is 5.91 Å². The first kappa shape index (κ1) is 15.3. The van der Waals surface area contributed by atoms with Gasteiger partial charge in [-0.3, -0.25) is 4.79 Å². The lowest BCUT2D eigenvalue weighted by atomic mass is 9.85. The summed E-state index contributed by atoms with van der Waals surface area (Å²) >= 11 is 0. The van der Waals surface area contributed by atoms with E-state index in [0.717, 1.165) is 0 Å². The van der Waals surface area contributed by atoms with Crippen molar-refractivity contribution in [2.75, 3.05) is 14.1 Å². The molecule has 1 atom stereocenters. The molecule has 1 aliphatic rings. The average molecular weight is 266 g/mol. The lowest BCUT2D eigenvalue weighted by molar-refractivity contribution is -0.183. The second-order valence-corrected chi connectivity index (χ2v) is 5.21. The van der Waals surface area contributed by atoms with Crippen LogP contribution in [0.4, 0.5) is 13.2 Å². The molecule has 0 radical (unpaired) electrons. The summed E-state index contributed by atoms with van der Waals surface area (Å²) in [6.07, 6.45) is -2.80. The van der Waals surface area contributed by atoms with Crippen LogP contribution in [-0.2, 0) is 4.79 Å². The summed E-state index contributed by atoms with van der Waals surface area (Å²) in [7, 11) is 3.34. The summed E-state index contributed by atoms with van der Waals surface area (Å²) in [6, 6.07) is -0.324. The predicted molar refractivity (Wildman–Crippen MR) is 63.1 cm³/mol. The Labute approximate surface area is 106 Å². The molecule has 1 amide bonds. The minimum absolute atomic E-state index is 0.0162. The molecule has 0 heterocycles. The van der Waals surface area contributed by atoms with Crippen LogP contribution in [0, 0.1) is 5.92 Å². The Morgan fingerprint density at radius 1 is 1.22 bits per heavy atom. The smallest absolute Gasteiger partial charge is 0.347 e. The van der Waals surface area contributed by atoms with Crippen LogP contribution in [0.2, 0.25) is 0 Å². The number of amides is 1. The number of halogens is 3. The minimum Gasteiger partial charge on any atom is -0.347 e. The zero-order valence-electron chi connectivity index (χ0n) is 11.0. The van der Waals surface area contributed by atoms with E-state index in [-0.39, 0.29) is 30.8 Å². The number of nitrogens with one attached hydrogen (secondary N) is 1.